The van der Waals surface area contributed by atoms with Crippen LogP contribution in [0.2, 0.25) is 0 Å². The molecule has 0 aromatic heterocycles. The Morgan fingerprint density at radius 1 is 1.00 bits per heavy atom. The lowest BCUT2D eigenvalue weighted by molar-refractivity contribution is -0.116. The van der Waals surface area contributed by atoms with Crippen LogP contribution in [0.1, 0.15) is 6.42 Å². The molecule has 3 rings (SSSR count). The van der Waals surface area contributed by atoms with Gasteiger partial charge >= 0.3 is 6.03 Å². The number of rotatable bonds is 4. The predicted octanol–water partition coefficient (Wildman–Crippen LogP) is 2.47. The maximum Gasteiger partial charge on any atom is 0.319 e. The number of hydrogen-bond acceptors (Lipinski definition) is 3. The van der Waals surface area contributed by atoms with Crippen molar-refractivity contribution in [3.8, 4) is 0 Å². The van der Waals surface area contributed by atoms with Crippen LogP contribution < -0.4 is 5.32 Å². The molecule has 0 radical (unpaired) electrons. The van der Waals surface area contributed by atoms with Crippen molar-refractivity contribution in [2.24, 2.45) is 0 Å². The summed E-state index contributed by atoms with van der Waals surface area (Å²) in [6.45, 7) is 3.74. The zero-order chi connectivity index (χ0) is 18.5. The topological polar surface area (TPSA) is 55.9 Å². The van der Waals surface area contributed by atoms with Crippen LogP contribution in [0, 0.1) is 0 Å². The molecular weight excluding hydrogens is 328 g/mol. The lowest BCUT2D eigenvalue weighted by Gasteiger charge is -2.35. The third-order valence-electron chi connectivity index (χ3n) is 4.74. The summed E-state index contributed by atoms with van der Waals surface area (Å²) < 4.78 is 0. The summed E-state index contributed by atoms with van der Waals surface area (Å²) in [5, 5.41) is 5.20. The largest absolute Gasteiger partial charge is 0.331 e. The summed E-state index contributed by atoms with van der Waals surface area (Å²) in [5.41, 5.74) is 0.856. The molecule has 1 saturated heterocycles. The summed E-state index contributed by atoms with van der Waals surface area (Å²) in [7, 11) is 3.54. The molecular formula is C20H26N4O2. The molecule has 2 aromatic rings. The number of benzene rings is 2. The minimum atomic E-state index is 0.0214. The van der Waals surface area contributed by atoms with E-state index in [2.05, 4.69) is 10.2 Å². The smallest absolute Gasteiger partial charge is 0.319 e. The van der Waals surface area contributed by atoms with Crippen LogP contribution in [0.3, 0.4) is 0 Å². The molecule has 26 heavy (non-hydrogen) atoms. The molecule has 138 valence electrons. The molecule has 1 aliphatic heterocycles. The fraction of sp³-hybridized carbons (Fsp3) is 0.400. The molecule has 0 aliphatic carbocycles. The summed E-state index contributed by atoms with van der Waals surface area (Å²) >= 11 is 0. The first-order valence-corrected chi connectivity index (χ1v) is 9.01. The van der Waals surface area contributed by atoms with Crippen LogP contribution in [-0.2, 0) is 4.79 Å². The number of hydrogen-bond donors (Lipinski definition) is 1. The number of nitrogens with one attached hydrogen (secondary N) is 1. The Morgan fingerprint density at radius 3 is 2.42 bits per heavy atom. The second-order valence-electron chi connectivity index (χ2n) is 6.83. The average molecular weight is 354 g/mol. The number of amides is 3. The zero-order valence-corrected chi connectivity index (χ0v) is 15.4. The van der Waals surface area contributed by atoms with E-state index in [0.29, 0.717) is 26.1 Å². The predicted molar refractivity (Wildman–Crippen MR) is 104 cm³/mol. The molecule has 1 fully saturated rings. The highest BCUT2D eigenvalue weighted by Gasteiger charge is 2.22. The second kappa shape index (κ2) is 8.19. The van der Waals surface area contributed by atoms with Crippen molar-refractivity contribution in [1.82, 2.24) is 14.7 Å². The number of carbonyl (C=O) groups excluding carboxylic acids is 2. The Labute approximate surface area is 154 Å². The Kier molecular flexibility index (Phi) is 5.73. The first-order chi connectivity index (χ1) is 12.5. The van der Waals surface area contributed by atoms with Gasteiger partial charge < -0.3 is 15.1 Å². The van der Waals surface area contributed by atoms with Crippen molar-refractivity contribution in [3.05, 3.63) is 42.5 Å². The van der Waals surface area contributed by atoms with Gasteiger partial charge in [0.1, 0.15) is 0 Å². The first-order valence-electron chi connectivity index (χ1n) is 9.01. The van der Waals surface area contributed by atoms with Gasteiger partial charge in [0.2, 0.25) is 5.91 Å². The van der Waals surface area contributed by atoms with Gasteiger partial charge in [0.25, 0.3) is 0 Å². The fourth-order valence-electron chi connectivity index (χ4n) is 3.25. The molecule has 0 bridgehead atoms. The summed E-state index contributed by atoms with van der Waals surface area (Å²) in [6.07, 6.45) is 0.449. The van der Waals surface area contributed by atoms with Gasteiger partial charge in [0, 0.05) is 64.3 Å². The van der Waals surface area contributed by atoms with Gasteiger partial charge in [-0.1, -0.05) is 36.4 Å². The van der Waals surface area contributed by atoms with Gasteiger partial charge in [0.15, 0.2) is 0 Å². The summed E-state index contributed by atoms with van der Waals surface area (Å²) in [4.78, 5) is 30.0. The number of nitrogens with zero attached hydrogens (tertiary/aromatic N) is 3. The van der Waals surface area contributed by atoms with E-state index in [1.807, 2.05) is 47.4 Å². The highest BCUT2D eigenvalue weighted by molar-refractivity contribution is 6.02. The average Bonchev–Trinajstić information content (AvgIpc) is 2.66. The van der Waals surface area contributed by atoms with E-state index in [0.717, 1.165) is 29.5 Å². The molecule has 3 amide bonds. The van der Waals surface area contributed by atoms with E-state index in [-0.39, 0.29) is 11.9 Å². The van der Waals surface area contributed by atoms with Gasteiger partial charge in [0.05, 0.1) is 0 Å². The molecule has 1 N–H and O–H groups in total. The molecule has 1 heterocycles. The van der Waals surface area contributed by atoms with Gasteiger partial charge in [-0.3, -0.25) is 9.69 Å². The monoisotopic (exact) mass is 354 g/mol. The number of fused-ring (bicyclic) bond motifs is 1. The molecule has 0 saturated carbocycles. The normalized spacial score (nSPS) is 15.1. The van der Waals surface area contributed by atoms with Crippen molar-refractivity contribution < 1.29 is 9.59 Å². The Morgan fingerprint density at radius 2 is 1.69 bits per heavy atom. The SMILES string of the molecule is CN(C)C(=O)N1CCN(CCC(=O)Nc2cccc3ccccc23)CC1. The van der Waals surface area contributed by atoms with Gasteiger partial charge in [-0.15, -0.1) is 0 Å². The first kappa shape index (κ1) is 18.2. The van der Waals surface area contributed by atoms with E-state index < -0.39 is 0 Å². The molecule has 1 aliphatic rings. The highest BCUT2D eigenvalue weighted by Crippen LogP contribution is 2.23. The van der Waals surface area contributed by atoms with Crippen LogP contribution in [0.5, 0.6) is 0 Å². The molecule has 6 nitrogen and oxygen atoms in total. The fourth-order valence-corrected chi connectivity index (χ4v) is 3.25. The van der Waals surface area contributed by atoms with E-state index in [1.54, 1.807) is 19.0 Å². The lowest BCUT2D eigenvalue weighted by atomic mass is 10.1. The van der Waals surface area contributed by atoms with Crippen molar-refractivity contribution in [2.45, 2.75) is 6.42 Å². The maximum atomic E-state index is 12.4. The summed E-state index contributed by atoms with van der Waals surface area (Å²) in [6, 6.07) is 14.0. The molecule has 2 aromatic carbocycles. The second-order valence-corrected chi connectivity index (χ2v) is 6.83. The Balaban J connectivity index is 1.48. The molecule has 6 heteroatoms. The Bertz CT molecular complexity index is 777. The van der Waals surface area contributed by atoms with E-state index >= 15 is 0 Å². The van der Waals surface area contributed by atoms with Crippen LogP contribution in [0.15, 0.2) is 42.5 Å². The van der Waals surface area contributed by atoms with Gasteiger partial charge in [-0.05, 0) is 11.5 Å². The van der Waals surface area contributed by atoms with E-state index in [1.165, 1.54) is 0 Å². The van der Waals surface area contributed by atoms with Crippen molar-refractivity contribution >= 4 is 28.4 Å². The minimum Gasteiger partial charge on any atom is -0.331 e. The van der Waals surface area contributed by atoms with Crippen molar-refractivity contribution in [2.75, 3.05) is 52.1 Å². The third-order valence-corrected chi connectivity index (χ3v) is 4.74. The minimum absolute atomic E-state index is 0.0214. The third kappa shape index (κ3) is 4.32. The number of piperazine rings is 1. The van der Waals surface area contributed by atoms with Gasteiger partial charge in [-0.25, -0.2) is 4.79 Å². The summed E-state index contributed by atoms with van der Waals surface area (Å²) in [5.74, 6) is 0.0214. The molecule has 0 unspecified atom stereocenters. The molecule has 0 spiro atoms. The quantitative estimate of drug-likeness (QED) is 0.918. The van der Waals surface area contributed by atoms with Crippen molar-refractivity contribution in [3.63, 3.8) is 0 Å². The van der Waals surface area contributed by atoms with E-state index in [9.17, 15) is 9.59 Å². The number of anilines is 1. The Hall–Kier alpha value is -2.60. The lowest BCUT2D eigenvalue weighted by Crippen LogP contribution is -2.51. The van der Waals surface area contributed by atoms with Crippen LogP contribution >= 0.6 is 0 Å². The number of urea groups is 1. The van der Waals surface area contributed by atoms with E-state index in [4.69, 9.17) is 0 Å². The zero-order valence-electron chi connectivity index (χ0n) is 15.4. The van der Waals surface area contributed by atoms with Crippen LogP contribution in [0.4, 0.5) is 10.5 Å². The standard InChI is InChI=1S/C20H26N4O2/c1-22(2)20(26)24-14-12-23(13-15-24)11-10-19(25)21-18-9-5-7-16-6-3-4-8-17(16)18/h3-9H,10-15H2,1-2H3,(H,21,25). The maximum absolute atomic E-state index is 12.4. The highest BCUT2D eigenvalue weighted by atomic mass is 16.2. The van der Waals surface area contributed by atoms with Crippen molar-refractivity contribution in [1.29, 1.82) is 0 Å². The number of carbonyl (C=O) groups is 2. The molecule has 0 atom stereocenters. The van der Waals surface area contributed by atoms with Gasteiger partial charge in [-0.2, -0.15) is 0 Å². The van der Waals surface area contributed by atoms with Crippen LogP contribution in [0.25, 0.3) is 10.8 Å². The van der Waals surface area contributed by atoms with Crippen LogP contribution in [-0.4, -0.2) is 73.5 Å².